The van der Waals surface area contributed by atoms with Crippen molar-refractivity contribution in [2.24, 2.45) is 17.4 Å². The lowest BCUT2D eigenvalue weighted by Gasteiger charge is -2.25. The Bertz CT molecular complexity index is 898. The van der Waals surface area contributed by atoms with Gasteiger partial charge >= 0.3 is 5.97 Å². The van der Waals surface area contributed by atoms with Gasteiger partial charge in [-0.2, -0.15) is 11.8 Å². The van der Waals surface area contributed by atoms with E-state index >= 15 is 0 Å². The van der Waals surface area contributed by atoms with E-state index < -0.39 is 60.2 Å². The van der Waals surface area contributed by atoms with Gasteiger partial charge in [-0.1, -0.05) is 44.2 Å². The third-order valence-corrected chi connectivity index (χ3v) is 5.89. The predicted octanol–water partition coefficient (Wildman–Crippen LogP) is -0.230. The third kappa shape index (κ3) is 11.5. The largest absolute Gasteiger partial charge is 0.480 e. The van der Waals surface area contributed by atoms with Crippen molar-refractivity contribution in [3.8, 4) is 0 Å². The number of hydrogen-bond acceptors (Lipinski definition) is 7. The number of hydrogen-bond donors (Lipinski definition) is 6. The van der Waals surface area contributed by atoms with E-state index in [1.165, 1.54) is 11.8 Å². The first kappa shape index (κ1) is 30.9. The molecule has 36 heavy (non-hydrogen) atoms. The number of primary amides is 1. The molecule has 8 N–H and O–H groups in total. The summed E-state index contributed by atoms with van der Waals surface area (Å²) in [5, 5.41) is 16.9. The molecule has 0 saturated carbocycles. The van der Waals surface area contributed by atoms with Crippen molar-refractivity contribution in [2.75, 3.05) is 12.0 Å². The summed E-state index contributed by atoms with van der Waals surface area (Å²) < 4.78 is 0. The van der Waals surface area contributed by atoms with Gasteiger partial charge in [0.05, 0.1) is 12.5 Å². The van der Waals surface area contributed by atoms with Gasteiger partial charge < -0.3 is 32.5 Å². The van der Waals surface area contributed by atoms with E-state index in [0.29, 0.717) is 12.2 Å². The zero-order valence-corrected chi connectivity index (χ0v) is 21.7. The van der Waals surface area contributed by atoms with E-state index in [9.17, 15) is 29.1 Å². The number of nitrogens with two attached hydrogens (primary N) is 2. The Morgan fingerprint density at radius 3 is 2.00 bits per heavy atom. The van der Waals surface area contributed by atoms with Crippen LogP contribution in [0.4, 0.5) is 0 Å². The van der Waals surface area contributed by atoms with E-state index in [2.05, 4.69) is 16.0 Å². The van der Waals surface area contributed by atoms with Crippen LogP contribution in [0.3, 0.4) is 0 Å². The van der Waals surface area contributed by atoms with Crippen LogP contribution in [0.1, 0.15) is 38.7 Å². The van der Waals surface area contributed by atoms with E-state index in [1.807, 2.05) is 26.2 Å². The number of nitrogens with one attached hydrogen (secondary N) is 3. The first-order chi connectivity index (χ1) is 16.9. The fourth-order valence-electron chi connectivity index (χ4n) is 3.40. The lowest BCUT2D eigenvalue weighted by molar-refractivity contribution is -0.143. The monoisotopic (exact) mass is 523 g/mol. The second kappa shape index (κ2) is 15.8. The van der Waals surface area contributed by atoms with Crippen LogP contribution in [0, 0.1) is 5.92 Å². The Balaban J connectivity index is 3.08. The number of carbonyl (C=O) groups is 5. The van der Waals surface area contributed by atoms with Crippen molar-refractivity contribution in [1.29, 1.82) is 0 Å². The van der Waals surface area contributed by atoms with Crippen LogP contribution in [-0.2, 0) is 30.4 Å². The van der Waals surface area contributed by atoms with Gasteiger partial charge in [0.1, 0.15) is 18.1 Å². The van der Waals surface area contributed by atoms with Gasteiger partial charge in [-0.05, 0) is 36.3 Å². The molecule has 0 saturated heterocycles. The summed E-state index contributed by atoms with van der Waals surface area (Å²) in [6.07, 6.45) is 2.01. The highest BCUT2D eigenvalue weighted by Gasteiger charge is 2.31. The highest BCUT2D eigenvalue weighted by Crippen LogP contribution is 2.08. The lowest BCUT2D eigenvalue weighted by atomic mass is 10.0. The van der Waals surface area contributed by atoms with Gasteiger partial charge in [0.25, 0.3) is 0 Å². The molecule has 200 valence electrons. The average Bonchev–Trinajstić information content (AvgIpc) is 2.80. The maximum absolute atomic E-state index is 13.3. The average molecular weight is 524 g/mol. The minimum Gasteiger partial charge on any atom is -0.480 e. The van der Waals surface area contributed by atoms with Crippen molar-refractivity contribution in [1.82, 2.24) is 16.0 Å². The van der Waals surface area contributed by atoms with Crippen molar-refractivity contribution in [3.05, 3.63) is 35.9 Å². The molecule has 0 radical (unpaired) electrons. The molecule has 1 aromatic carbocycles. The molecule has 0 heterocycles. The van der Waals surface area contributed by atoms with Crippen LogP contribution in [0.2, 0.25) is 0 Å². The Labute approximate surface area is 215 Å². The minimum absolute atomic E-state index is 0.156. The maximum atomic E-state index is 13.3. The number of carboxylic acid groups (broad SMARTS) is 1. The molecule has 4 atom stereocenters. The van der Waals surface area contributed by atoms with Crippen molar-refractivity contribution >= 4 is 41.4 Å². The normalized spacial score (nSPS) is 14.2. The highest BCUT2D eigenvalue weighted by molar-refractivity contribution is 7.98. The number of carbonyl (C=O) groups excluding carboxylic acids is 4. The Kier molecular flexibility index (Phi) is 13.6. The molecule has 4 amide bonds. The molecule has 1 aromatic rings. The fraction of sp³-hybridized carbons (Fsp3) is 0.542. The number of amides is 4. The Morgan fingerprint density at radius 2 is 1.47 bits per heavy atom. The van der Waals surface area contributed by atoms with E-state index in [-0.39, 0.29) is 18.8 Å². The van der Waals surface area contributed by atoms with Gasteiger partial charge in [0.2, 0.25) is 23.6 Å². The Morgan fingerprint density at radius 1 is 0.917 bits per heavy atom. The van der Waals surface area contributed by atoms with Crippen molar-refractivity contribution in [2.45, 2.75) is 63.7 Å². The van der Waals surface area contributed by atoms with Crippen LogP contribution in [0.25, 0.3) is 0 Å². The molecule has 0 aromatic heterocycles. The predicted molar refractivity (Wildman–Crippen MR) is 138 cm³/mol. The van der Waals surface area contributed by atoms with Gasteiger partial charge in [-0.3, -0.25) is 19.2 Å². The van der Waals surface area contributed by atoms with E-state index in [4.69, 9.17) is 11.5 Å². The van der Waals surface area contributed by atoms with Crippen LogP contribution in [0.15, 0.2) is 30.3 Å². The summed E-state index contributed by atoms with van der Waals surface area (Å²) in [5.74, 6) is -3.53. The van der Waals surface area contributed by atoms with Gasteiger partial charge in [-0.15, -0.1) is 0 Å². The van der Waals surface area contributed by atoms with Gasteiger partial charge in [-0.25, -0.2) is 4.79 Å². The Hall–Kier alpha value is -3.12. The molecule has 0 aliphatic rings. The minimum atomic E-state index is -1.53. The number of thioether (sulfide) groups is 1. The molecule has 0 spiro atoms. The second-order valence-electron chi connectivity index (χ2n) is 8.90. The molecule has 12 heteroatoms. The summed E-state index contributed by atoms with van der Waals surface area (Å²) in [5.41, 5.74) is 11.9. The smallest absolute Gasteiger partial charge is 0.326 e. The number of rotatable bonds is 16. The summed E-state index contributed by atoms with van der Waals surface area (Å²) in [4.78, 5) is 61.4. The molecule has 4 unspecified atom stereocenters. The third-order valence-electron chi connectivity index (χ3n) is 5.24. The highest BCUT2D eigenvalue weighted by atomic mass is 32.2. The zero-order chi connectivity index (χ0) is 27.3. The SMILES string of the molecule is CSCCC(NC(=O)C(Cc1ccccc1)NC(=O)C(N)CC(C)C)C(=O)NC(CC(N)=O)C(=O)O. The zero-order valence-electron chi connectivity index (χ0n) is 20.9. The number of benzene rings is 1. The van der Waals surface area contributed by atoms with Gasteiger partial charge in [0, 0.05) is 6.42 Å². The summed E-state index contributed by atoms with van der Waals surface area (Å²) in [6, 6.07) is 4.58. The molecule has 0 aliphatic carbocycles. The van der Waals surface area contributed by atoms with Crippen molar-refractivity contribution < 1.29 is 29.1 Å². The van der Waals surface area contributed by atoms with Gasteiger partial charge in [0.15, 0.2) is 0 Å². The molecular formula is C24H37N5O6S. The molecule has 11 nitrogen and oxygen atoms in total. The number of carboxylic acids is 1. The van der Waals surface area contributed by atoms with Crippen LogP contribution < -0.4 is 27.4 Å². The van der Waals surface area contributed by atoms with Crippen LogP contribution in [-0.4, -0.2) is 70.9 Å². The first-order valence-electron chi connectivity index (χ1n) is 11.6. The van der Waals surface area contributed by atoms with E-state index in [1.54, 1.807) is 24.3 Å². The van der Waals surface area contributed by atoms with Crippen LogP contribution >= 0.6 is 11.8 Å². The summed E-state index contributed by atoms with van der Waals surface area (Å²) in [7, 11) is 0. The molecule has 1 rings (SSSR count). The summed E-state index contributed by atoms with van der Waals surface area (Å²) >= 11 is 1.43. The fourth-order valence-corrected chi connectivity index (χ4v) is 3.87. The van der Waals surface area contributed by atoms with Crippen LogP contribution in [0.5, 0.6) is 0 Å². The first-order valence-corrected chi connectivity index (χ1v) is 13.0. The van der Waals surface area contributed by atoms with E-state index in [0.717, 1.165) is 5.56 Å². The molecular weight excluding hydrogens is 486 g/mol. The molecule has 0 fully saturated rings. The lowest BCUT2D eigenvalue weighted by Crippen LogP contribution is -2.58. The number of aliphatic carboxylic acids is 1. The quantitative estimate of drug-likeness (QED) is 0.171. The topological polar surface area (TPSA) is 194 Å². The standard InChI is InChI=1S/C24H37N5O6S/c1-14(2)11-16(25)21(31)28-18(12-15-7-5-4-6-8-15)23(33)27-17(9-10-36-3)22(32)29-19(24(34)35)13-20(26)30/h4-8,14,16-19H,9-13,25H2,1-3H3,(H2,26,30)(H,27,33)(H,28,31)(H,29,32)(H,34,35). The van der Waals surface area contributed by atoms with Crippen molar-refractivity contribution in [3.63, 3.8) is 0 Å². The molecule has 0 aliphatic heterocycles. The molecule has 0 bridgehead atoms. The second-order valence-corrected chi connectivity index (χ2v) is 9.89. The maximum Gasteiger partial charge on any atom is 0.326 e. The summed E-state index contributed by atoms with van der Waals surface area (Å²) in [6.45, 7) is 3.86.